The van der Waals surface area contributed by atoms with Crippen LogP contribution in [0.15, 0.2) is 24.3 Å². The predicted octanol–water partition coefficient (Wildman–Crippen LogP) is 2.99. The van der Waals surface area contributed by atoms with Crippen molar-refractivity contribution in [3.8, 4) is 0 Å². The largest absolute Gasteiger partial charge is 0.466 e. The molecule has 2 aliphatic rings. The molecule has 3 atom stereocenters. The molecule has 2 aliphatic carbocycles. The molecule has 0 aromatic rings. The molecule has 1 N–H and O–H groups in total. The van der Waals surface area contributed by atoms with E-state index in [1.165, 1.54) is 7.11 Å². The van der Waals surface area contributed by atoms with Crippen LogP contribution in [0.4, 0.5) is 0 Å². The number of aliphatic hydroxyl groups is 1. The Morgan fingerprint density at radius 2 is 2.16 bits per heavy atom. The zero-order chi connectivity index (χ0) is 14.3. The molecule has 3 heteroatoms. The Morgan fingerprint density at radius 1 is 1.47 bits per heavy atom. The average molecular weight is 264 g/mol. The van der Waals surface area contributed by atoms with Crippen LogP contribution < -0.4 is 0 Å². The van der Waals surface area contributed by atoms with E-state index >= 15 is 0 Å². The van der Waals surface area contributed by atoms with Gasteiger partial charge in [0, 0.05) is 11.0 Å². The molecular weight excluding hydrogens is 240 g/mol. The molecule has 2 saturated carbocycles. The fourth-order valence-electron chi connectivity index (χ4n) is 3.80. The first kappa shape index (κ1) is 14.3. The molecule has 3 unspecified atom stereocenters. The van der Waals surface area contributed by atoms with Crippen molar-refractivity contribution in [1.82, 2.24) is 0 Å². The minimum Gasteiger partial charge on any atom is -0.466 e. The first-order valence-electron chi connectivity index (χ1n) is 7.02. The molecule has 0 radical (unpaired) electrons. The van der Waals surface area contributed by atoms with E-state index in [9.17, 15) is 9.90 Å². The molecule has 0 saturated heterocycles. The van der Waals surface area contributed by atoms with Crippen molar-refractivity contribution in [3.63, 3.8) is 0 Å². The summed E-state index contributed by atoms with van der Waals surface area (Å²) in [6, 6.07) is 0. The van der Waals surface area contributed by atoms with Gasteiger partial charge in [-0.25, -0.2) is 4.79 Å². The number of hydrogen-bond donors (Lipinski definition) is 1. The number of carbonyl (C=O) groups excluding carboxylic acids is 1. The maximum absolute atomic E-state index is 11.6. The lowest BCUT2D eigenvalue weighted by atomic mass is 9.53. The first-order valence-corrected chi connectivity index (χ1v) is 7.02. The van der Waals surface area contributed by atoms with Crippen molar-refractivity contribution >= 4 is 5.97 Å². The number of ether oxygens (including phenoxy) is 1. The fraction of sp³-hybridized carbons (Fsp3) is 0.688. The van der Waals surface area contributed by atoms with Gasteiger partial charge < -0.3 is 9.84 Å². The Kier molecular flexibility index (Phi) is 3.61. The zero-order valence-corrected chi connectivity index (χ0v) is 12.0. The van der Waals surface area contributed by atoms with Gasteiger partial charge in [0.2, 0.25) is 0 Å². The summed E-state index contributed by atoms with van der Waals surface area (Å²) in [5.74, 6) is -0.362. The summed E-state index contributed by atoms with van der Waals surface area (Å²) >= 11 is 0. The molecule has 106 valence electrons. The standard InChI is InChI=1S/C16H24O3/c1-11-6-5-8-15(3)9-7-13(10-16(11,15)18)12(2)14(17)19-4/h13,18H,1-2,5-10H2,3-4H3. The summed E-state index contributed by atoms with van der Waals surface area (Å²) < 4.78 is 4.74. The number of hydrogen-bond acceptors (Lipinski definition) is 3. The average Bonchev–Trinajstić information content (AvgIpc) is 2.39. The number of carbonyl (C=O) groups is 1. The van der Waals surface area contributed by atoms with Gasteiger partial charge in [0.1, 0.15) is 0 Å². The van der Waals surface area contributed by atoms with Crippen LogP contribution in [0, 0.1) is 11.3 Å². The van der Waals surface area contributed by atoms with Gasteiger partial charge in [0.25, 0.3) is 0 Å². The summed E-state index contributed by atoms with van der Waals surface area (Å²) in [5, 5.41) is 11.1. The highest BCUT2D eigenvalue weighted by Gasteiger charge is 2.54. The van der Waals surface area contributed by atoms with Gasteiger partial charge in [-0.15, -0.1) is 0 Å². The van der Waals surface area contributed by atoms with Gasteiger partial charge in [0.15, 0.2) is 0 Å². The van der Waals surface area contributed by atoms with Crippen LogP contribution in [-0.4, -0.2) is 23.8 Å². The number of esters is 1. The maximum Gasteiger partial charge on any atom is 0.333 e. The van der Waals surface area contributed by atoms with Crippen LogP contribution in [0.1, 0.15) is 45.4 Å². The Morgan fingerprint density at radius 3 is 2.79 bits per heavy atom. The van der Waals surface area contributed by atoms with Crippen molar-refractivity contribution in [2.75, 3.05) is 7.11 Å². The number of fused-ring (bicyclic) bond motifs is 1. The second-order valence-electron chi connectivity index (χ2n) is 6.33. The smallest absolute Gasteiger partial charge is 0.333 e. The van der Waals surface area contributed by atoms with E-state index in [-0.39, 0.29) is 17.3 Å². The van der Waals surface area contributed by atoms with Crippen LogP contribution >= 0.6 is 0 Å². The molecule has 0 amide bonds. The predicted molar refractivity (Wildman–Crippen MR) is 74.5 cm³/mol. The maximum atomic E-state index is 11.6. The van der Waals surface area contributed by atoms with Gasteiger partial charge in [-0.3, -0.25) is 0 Å². The highest BCUT2D eigenvalue weighted by molar-refractivity contribution is 5.88. The molecule has 0 aromatic heterocycles. The van der Waals surface area contributed by atoms with Gasteiger partial charge >= 0.3 is 5.97 Å². The quantitative estimate of drug-likeness (QED) is 0.474. The van der Waals surface area contributed by atoms with Crippen molar-refractivity contribution in [2.24, 2.45) is 11.3 Å². The van der Waals surface area contributed by atoms with Crippen LogP contribution in [0.25, 0.3) is 0 Å². The van der Waals surface area contributed by atoms with E-state index in [1.54, 1.807) is 0 Å². The molecule has 2 fully saturated rings. The second kappa shape index (κ2) is 4.78. The molecule has 0 aliphatic heterocycles. The van der Waals surface area contributed by atoms with E-state index in [4.69, 9.17) is 4.74 Å². The Hall–Kier alpha value is -1.09. The van der Waals surface area contributed by atoms with Gasteiger partial charge in [0.05, 0.1) is 12.7 Å². The molecule has 2 rings (SSSR count). The van der Waals surface area contributed by atoms with E-state index in [2.05, 4.69) is 20.1 Å². The third-order valence-electron chi connectivity index (χ3n) is 5.32. The van der Waals surface area contributed by atoms with Crippen LogP contribution in [0.3, 0.4) is 0 Å². The lowest BCUT2D eigenvalue weighted by Gasteiger charge is -2.55. The van der Waals surface area contributed by atoms with Gasteiger partial charge in [-0.1, -0.05) is 20.1 Å². The minimum atomic E-state index is -0.856. The van der Waals surface area contributed by atoms with E-state index in [1.807, 2.05) is 0 Å². The Bertz CT molecular complexity index is 426. The van der Waals surface area contributed by atoms with Crippen LogP contribution in [0.2, 0.25) is 0 Å². The third kappa shape index (κ3) is 2.14. The highest BCUT2D eigenvalue weighted by atomic mass is 16.5. The lowest BCUT2D eigenvalue weighted by molar-refractivity contribution is -0.139. The third-order valence-corrected chi connectivity index (χ3v) is 5.32. The summed E-state index contributed by atoms with van der Waals surface area (Å²) in [7, 11) is 1.37. The molecule has 19 heavy (non-hydrogen) atoms. The summed E-state index contributed by atoms with van der Waals surface area (Å²) in [4.78, 5) is 11.6. The monoisotopic (exact) mass is 264 g/mol. The van der Waals surface area contributed by atoms with Crippen molar-refractivity contribution in [1.29, 1.82) is 0 Å². The highest BCUT2D eigenvalue weighted by Crippen LogP contribution is 2.56. The van der Waals surface area contributed by atoms with Crippen molar-refractivity contribution in [2.45, 2.75) is 51.0 Å². The van der Waals surface area contributed by atoms with Crippen LogP contribution in [0.5, 0.6) is 0 Å². The van der Waals surface area contributed by atoms with Crippen LogP contribution in [-0.2, 0) is 9.53 Å². The lowest BCUT2D eigenvalue weighted by Crippen LogP contribution is -2.54. The summed E-state index contributed by atoms with van der Waals surface area (Å²) in [5.41, 5.74) is 0.445. The minimum absolute atomic E-state index is 0.000347. The van der Waals surface area contributed by atoms with E-state index in [0.29, 0.717) is 12.0 Å². The summed E-state index contributed by atoms with van der Waals surface area (Å²) in [6.07, 6.45) is 5.35. The van der Waals surface area contributed by atoms with Crippen molar-refractivity contribution in [3.05, 3.63) is 24.3 Å². The molecule has 0 bridgehead atoms. The topological polar surface area (TPSA) is 46.5 Å². The molecule has 3 nitrogen and oxygen atoms in total. The fourth-order valence-corrected chi connectivity index (χ4v) is 3.80. The van der Waals surface area contributed by atoms with Gasteiger partial charge in [-0.2, -0.15) is 0 Å². The molecule has 0 heterocycles. The Balaban J connectivity index is 2.23. The van der Waals surface area contributed by atoms with E-state index in [0.717, 1.165) is 37.7 Å². The molecule has 0 spiro atoms. The summed E-state index contributed by atoms with van der Waals surface area (Å²) in [6.45, 7) is 10.1. The number of methoxy groups -OCH3 is 1. The second-order valence-corrected chi connectivity index (χ2v) is 6.33. The van der Waals surface area contributed by atoms with Crippen molar-refractivity contribution < 1.29 is 14.6 Å². The molecule has 0 aromatic carbocycles. The first-order chi connectivity index (χ1) is 8.84. The van der Waals surface area contributed by atoms with Gasteiger partial charge in [-0.05, 0) is 50.0 Å². The normalized spacial score (nSPS) is 38.5. The zero-order valence-electron chi connectivity index (χ0n) is 12.0. The molecular formula is C16H24O3. The number of rotatable bonds is 2. The Labute approximate surface area is 115 Å². The van der Waals surface area contributed by atoms with E-state index < -0.39 is 5.60 Å². The SMILES string of the molecule is C=C(C(=O)OC)C1CCC2(C)CCCC(=C)C2(O)C1.